The summed E-state index contributed by atoms with van der Waals surface area (Å²) in [6, 6.07) is 10.9. The van der Waals surface area contributed by atoms with E-state index >= 15 is 0 Å². The van der Waals surface area contributed by atoms with Crippen molar-refractivity contribution in [3.8, 4) is 6.07 Å². The average molecular weight is 260 g/mol. The number of rotatable bonds is 4. The van der Waals surface area contributed by atoms with E-state index in [1.165, 1.54) is 0 Å². The van der Waals surface area contributed by atoms with Gasteiger partial charge in [-0.15, -0.1) is 0 Å². The number of nitrogens with one attached hydrogen (secondary N) is 1. The van der Waals surface area contributed by atoms with Gasteiger partial charge in [0.25, 0.3) is 0 Å². The molecular weight excluding hydrogens is 244 g/mol. The molecule has 100 valence electrons. The van der Waals surface area contributed by atoms with Crippen molar-refractivity contribution in [2.75, 3.05) is 13.2 Å². The molecule has 1 aliphatic heterocycles. The second kappa shape index (κ2) is 6.76. The van der Waals surface area contributed by atoms with Crippen molar-refractivity contribution in [3.63, 3.8) is 0 Å². The highest BCUT2D eigenvalue weighted by Gasteiger charge is 2.27. The summed E-state index contributed by atoms with van der Waals surface area (Å²) < 4.78 is 10.3. The monoisotopic (exact) mass is 260 g/mol. The Morgan fingerprint density at radius 1 is 1.53 bits per heavy atom. The van der Waals surface area contributed by atoms with E-state index in [1.54, 1.807) is 0 Å². The smallest absolute Gasteiger partial charge is 0.408 e. The summed E-state index contributed by atoms with van der Waals surface area (Å²) in [5, 5.41) is 11.6. The lowest BCUT2D eigenvalue weighted by Gasteiger charge is -2.16. The lowest BCUT2D eigenvalue weighted by Crippen LogP contribution is -2.39. The summed E-state index contributed by atoms with van der Waals surface area (Å²) >= 11 is 0. The van der Waals surface area contributed by atoms with Crippen LogP contribution in [0.4, 0.5) is 4.79 Å². The number of hydrogen-bond acceptors (Lipinski definition) is 4. The van der Waals surface area contributed by atoms with Crippen LogP contribution in [0.15, 0.2) is 30.3 Å². The minimum Gasteiger partial charge on any atom is -0.445 e. The van der Waals surface area contributed by atoms with Gasteiger partial charge in [-0.05, 0) is 12.0 Å². The van der Waals surface area contributed by atoms with Crippen molar-refractivity contribution in [1.82, 2.24) is 5.32 Å². The van der Waals surface area contributed by atoms with Crippen LogP contribution in [-0.2, 0) is 16.1 Å². The van der Waals surface area contributed by atoms with Gasteiger partial charge in [0.2, 0.25) is 0 Å². The molecule has 5 heteroatoms. The van der Waals surface area contributed by atoms with Crippen LogP contribution in [0, 0.1) is 17.2 Å². The van der Waals surface area contributed by atoms with Crippen molar-refractivity contribution >= 4 is 6.09 Å². The fraction of sp³-hybridized carbons (Fsp3) is 0.429. The highest BCUT2D eigenvalue weighted by atomic mass is 16.5. The minimum absolute atomic E-state index is 0.0503. The highest BCUT2D eigenvalue weighted by molar-refractivity contribution is 5.68. The predicted molar refractivity (Wildman–Crippen MR) is 68.1 cm³/mol. The maximum Gasteiger partial charge on any atom is 0.408 e. The summed E-state index contributed by atoms with van der Waals surface area (Å²) in [6.45, 7) is 1.35. The number of benzene rings is 1. The third kappa shape index (κ3) is 3.97. The quantitative estimate of drug-likeness (QED) is 0.896. The van der Waals surface area contributed by atoms with Gasteiger partial charge in [0, 0.05) is 12.5 Å². The third-order valence-electron chi connectivity index (χ3n) is 3.06. The van der Waals surface area contributed by atoms with Crippen molar-refractivity contribution in [2.24, 2.45) is 5.92 Å². The maximum absolute atomic E-state index is 11.6. The molecule has 2 rings (SSSR count). The van der Waals surface area contributed by atoms with Gasteiger partial charge >= 0.3 is 6.09 Å². The number of ether oxygens (including phenoxy) is 2. The van der Waals surface area contributed by atoms with Crippen LogP contribution in [0.3, 0.4) is 0 Å². The van der Waals surface area contributed by atoms with Gasteiger partial charge in [-0.1, -0.05) is 30.3 Å². The summed E-state index contributed by atoms with van der Waals surface area (Å²) in [5.41, 5.74) is 0.912. The van der Waals surface area contributed by atoms with Crippen LogP contribution in [0.5, 0.6) is 0 Å². The van der Waals surface area contributed by atoms with E-state index in [4.69, 9.17) is 14.7 Å². The van der Waals surface area contributed by atoms with E-state index in [0.29, 0.717) is 13.2 Å². The zero-order chi connectivity index (χ0) is 13.5. The second-order valence-electron chi connectivity index (χ2n) is 4.44. The normalized spacial score (nSPS) is 19.4. The van der Waals surface area contributed by atoms with E-state index < -0.39 is 12.1 Å². The predicted octanol–water partition coefficient (Wildman–Crippen LogP) is 1.84. The Balaban J connectivity index is 1.78. The Kier molecular flexibility index (Phi) is 4.76. The molecule has 2 atom stereocenters. The molecule has 0 spiro atoms. The van der Waals surface area contributed by atoms with Gasteiger partial charge in [-0.25, -0.2) is 4.79 Å². The number of nitriles is 1. The zero-order valence-electron chi connectivity index (χ0n) is 10.5. The first kappa shape index (κ1) is 13.4. The molecule has 5 nitrogen and oxygen atoms in total. The molecule has 1 aliphatic rings. The van der Waals surface area contributed by atoms with Crippen LogP contribution in [0.1, 0.15) is 12.0 Å². The summed E-state index contributed by atoms with van der Waals surface area (Å²) in [5.74, 6) is 0.0503. The lowest BCUT2D eigenvalue weighted by atomic mass is 10.0. The SMILES string of the molecule is N#CC(NC(=O)OCc1ccccc1)C1CCOC1. The second-order valence-corrected chi connectivity index (χ2v) is 4.44. The van der Waals surface area contributed by atoms with Crippen LogP contribution < -0.4 is 5.32 Å². The zero-order valence-corrected chi connectivity index (χ0v) is 10.5. The summed E-state index contributed by atoms with van der Waals surface area (Å²) in [7, 11) is 0. The Hall–Kier alpha value is -2.06. The number of amides is 1. The van der Waals surface area contributed by atoms with Crippen molar-refractivity contribution < 1.29 is 14.3 Å². The Bertz CT molecular complexity index is 450. The van der Waals surface area contributed by atoms with E-state index in [-0.39, 0.29) is 12.5 Å². The van der Waals surface area contributed by atoms with Gasteiger partial charge < -0.3 is 14.8 Å². The molecular formula is C14H16N2O3. The Morgan fingerprint density at radius 2 is 2.32 bits per heavy atom. The fourth-order valence-corrected chi connectivity index (χ4v) is 1.96. The number of carbonyl (C=O) groups is 1. The molecule has 0 radical (unpaired) electrons. The van der Waals surface area contributed by atoms with Gasteiger partial charge in [-0.3, -0.25) is 0 Å². The van der Waals surface area contributed by atoms with Crippen molar-refractivity contribution in [2.45, 2.75) is 19.1 Å². The first-order valence-corrected chi connectivity index (χ1v) is 6.24. The van der Waals surface area contributed by atoms with Crippen LogP contribution in [-0.4, -0.2) is 25.3 Å². The van der Waals surface area contributed by atoms with Crippen molar-refractivity contribution in [1.29, 1.82) is 5.26 Å². The molecule has 1 N–H and O–H groups in total. The van der Waals surface area contributed by atoms with Gasteiger partial charge in [0.05, 0.1) is 12.7 Å². The molecule has 1 aromatic rings. The molecule has 1 heterocycles. The molecule has 2 unspecified atom stereocenters. The molecule has 0 aromatic heterocycles. The van der Waals surface area contributed by atoms with Crippen LogP contribution in [0.25, 0.3) is 0 Å². The van der Waals surface area contributed by atoms with Gasteiger partial charge in [0.15, 0.2) is 0 Å². The largest absolute Gasteiger partial charge is 0.445 e. The molecule has 1 amide bonds. The molecule has 1 aromatic carbocycles. The molecule has 0 bridgehead atoms. The van der Waals surface area contributed by atoms with E-state index in [0.717, 1.165) is 12.0 Å². The standard InChI is InChI=1S/C14H16N2O3/c15-8-13(12-6-7-18-10-12)16-14(17)19-9-11-4-2-1-3-5-11/h1-5,12-13H,6-7,9-10H2,(H,16,17). The maximum atomic E-state index is 11.6. The lowest BCUT2D eigenvalue weighted by molar-refractivity contribution is 0.132. The highest BCUT2D eigenvalue weighted by Crippen LogP contribution is 2.16. The van der Waals surface area contributed by atoms with E-state index in [2.05, 4.69) is 11.4 Å². The Morgan fingerprint density at radius 3 is 2.95 bits per heavy atom. The first-order valence-electron chi connectivity index (χ1n) is 6.24. The minimum atomic E-state index is -0.567. The molecule has 1 saturated heterocycles. The molecule has 1 fully saturated rings. The van der Waals surface area contributed by atoms with Crippen LogP contribution in [0.2, 0.25) is 0 Å². The van der Waals surface area contributed by atoms with Gasteiger partial charge in [-0.2, -0.15) is 5.26 Å². The van der Waals surface area contributed by atoms with E-state index in [1.807, 2.05) is 30.3 Å². The molecule has 0 aliphatic carbocycles. The summed E-state index contributed by atoms with van der Waals surface area (Å²) in [6.07, 6.45) is 0.222. The van der Waals surface area contributed by atoms with Crippen molar-refractivity contribution in [3.05, 3.63) is 35.9 Å². The van der Waals surface area contributed by atoms with Crippen LogP contribution >= 0.6 is 0 Å². The Labute approximate surface area is 112 Å². The van der Waals surface area contributed by atoms with E-state index in [9.17, 15) is 4.79 Å². The molecule has 0 saturated carbocycles. The van der Waals surface area contributed by atoms with Gasteiger partial charge in [0.1, 0.15) is 12.6 Å². The fourth-order valence-electron chi connectivity index (χ4n) is 1.96. The number of nitrogens with zero attached hydrogens (tertiary/aromatic N) is 1. The number of carbonyl (C=O) groups excluding carboxylic acids is 1. The first-order chi connectivity index (χ1) is 9.29. The third-order valence-corrected chi connectivity index (χ3v) is 3.06. The summed E-state index contributed by atoms with van der Waals surface area (Å²) in [4.78, 5) is 11.6. The topological polar surface area (TPSA) is 71.4 Å². The molecule has 19 heavy (non-hydrogen) atoms. The number of hydrogen-bond donors (Lipinski definition) is 1. The number of alkyl carbamates (subject to hydrolysis) is 1. The average Bonchev–Trinajstić information content (AvgIpc) is 2.97.